The Kier molecular flexibility index (Phi) is 4.77. The number of hydrogen-bond donors (Lipinski definition) is 2. The summed E-state index contributed by atoms with van der Waals surface area (Å²) < 4.78 is 0. The van der Waals surface area contributed by atoms with Gasteiger partial charge in [0.15, 0.2) is 0 Å². The molecule has 110 valence electrons. The van der Waals surface area contributed by atoms with Gasteiger partial charge in [-0.15, -0.1) is 0 Å². The Morgan fingerprint density at radius 1 is 1.05 bits per heavy atom. The third kappa shape index (κ3) is 3.31. The van der Waals surface area contributed by atoms with Crippen molar-refractivity contribution in [3.63, 3.8) is 0 Å². The predicted octanol–water partition coefficient (Wildman–Crippen LogP) is 3.81. The first-order chi connectivity index (χ1) is 10.2. The van der Waals surface area contributed by atoms with Crippen LogP contribution in [0.1, 0.15) is 18.1 Å². The number of benzene rings is 2. The van der Waals surface area contributed by atoms with Gasteiger partial charge in [-0.1, -0.05) is 37.3 Å². The van der Waals surface area contributed by atoms with Crippen LogP contribution >= 0.6 is 0 Å². The van der Waals surface area contributed by atoms with Gasteiger partial charge in [-0.3, -0.25) is 10.1 Å². The smallest absolute Gasteiger partial charge is 0.315 e. The second-order valence-electron chi connectivity index (χ2n) is 4.68. The average molecular weight is 285 g/mol. The average Bonchev–Trinajstić information content (AvgIpc) is 2.52. The monoisotopic (exact) mass is 285 g/mol. The van der Waals surface area contributed by atoms with Crippen molar-refractivity contribution >= 4 is 17.1 Å². The predicted molar refractivity (Wildman–Crippen MR) is 85.8 cm³/mol. The SMILES string of the molecule is CCc1ccccc1CNc1cccc(NC)c1[N+](=O)[O-]. The molecular weight excluding hydrogens is 266 g/mol. The summed E-state index contributed by atoms with van der Waals surface area (Å²) in [5.74, 6) is 0. The minimum atomic E-state index is -0.361. The number of nitro groups is 1. The van der Waals surface area contributed by atoms with Gasteiger partial charge in [0.2, 0.25) is 0 Å². The zero-order valence-electron chi connectivity index (χ0n) is 12.2. The van der Waals surface area contributed by atoms with E-state index in [4.69, 9.17) is 0 Å². The molecule has 0 saturated carbocycles. The number of aryl methyl sites for hydroxylation is 1. The Labute approximate surface area is 124 Å². The molecule has 2 aromatic rings. The van der Waals surface area contributed by atoms with E-state index in [1.54, 1.807) is 25.2 Å². The van der Waals surface area contributed by atoms with Gasteiger partial charge in [0.05, 0.1) is 4.92 Å². The lowest BCUT2D eigenvalue weighted by atomic mass is 10.1. The molecule has 21 heavy (non-hydrogen) atoms. The van der Waals surface area contributed by atoms with Gasteiger partial charge in [0.1, 0.15) is 11.4 Å². The number of nitro benzene ring substituents is 1. The Hall–Kier alpha value is -2.56. The topological polar surface area (TPSA) is 67.2 Å². The van der Waals surface area contributed by atoms with Crippen LogP contribution in [0.5, 0.6) is 0 Å². The summed E-state index contributed by atoms with van der Waals surface area (Å²) in [6.07, 6.45) is 0.941. The molecule has 0 saturated heterocycles. The molecule has 0 fully saturated rings. The molecule has 5 heteroatoms. The van der Waals surface area contributed by atoms with E-state index < -0.39 is 0 Å². The molecule has 0 unspecified atom stereocenters. The van der Waals surface area contributed by atoms with Crippen LogP contribution in [0, 0.1) is 10.1 Å². The zero-order valence-corrected chi connectivity index (χ0v) is 12.2. The number of nitrogens with zero attached hydrogens (tertiary/aromatic N) is 1. The Balaban J connectivity index is 2.26. The first kappa shape index (κ1) is 14.8. The summed E-state index contributed by atoms with van der Waals surface area (Å²) in [5, 5.41) is 17.3. The van der Waals surface area contributed by atoms with Gasteiger partial charge >= 0.3 is 5.69 Å². The van der Waals surface area contributed by atoms with E-state index >= 15 is 0 Å². The number of hydrogen-bond acceptors (Lipinski definition) is 4. The maximum Gasteiger partial charge on any atom is 0.315 e. The van der Waals surface area contributed by atoms with Crippen molar-refractivity contribution in [2.24, 2.45) is 0 Å². The fourth-order valence-electron chi connectivity index (χ4n) is 2.35. The third-order valence-corrected chi connectivity index (χ3v) is 3.46. The van der Waals surface area contributed by atoms with Crippen molar-refractivity contribution in [3.05, 3.63) is 63.7 Å². The van der Waals surface area contributed by atoms with E-state index in [1.807, 2.05) is 18.2 Å². The largest absolute Gasteiger partial charge is 0.382 e. The highest BCUT2D eigenvalue weighted by molar-refractivity contribution is 5.76. The van der Waals surface area contributed by atoms with Crippen molar-refractivity contribution in [2.45, 2.75) is 19.9 Å². The molecular formula is C16H19N3O2. The number of nitrogens with one attached hydrogen (secondary N) is 2. The third-order valence-electron chi connectivity index (χ3n) is 3.46. The molecule has 0 aliphatic carbocycles. The van der Waals surface area contributed by atoms with Crippen LogP contribution < -0.4 is 10.6 Å². The molecule has 5 nitrogen and oxygen atoms in total. The van der Waals surface area contributed by atoms with E-state index in [0.29, 0.717) is 17.9 Å². The van der Waals surface area contributed by atoms with Crippen LogP contribution in [0.2, 0.25) is 0 Å². The summed E-state index contributed by atoms with van der Waals surface area (Å²) >= 11 is 0. The lowest BCUT2D eigenvalue weighted by molar-refractivity contribution is -0.383. The summed E-state index contributed by atoms with van der Waals surface area (Å²) in [5.41, 5.74) is 3.52. The Bertz CT molecular complexity index is 641. The summed E-state index contributed by atoms with van der Waals surface area (Å²) in [4.78, 5) is 10.9. The quantitative estimate of drug-likeness (QED) is 0.625. The van der Waals surface area contributed by atoms with Crippen LogP contribution in [0.25, 0.3) is 0 Å². The molecule has 2 rings (SSSR count). The van der Waals surface area contributed by atoms with Gasteiger partial charge in [0, 0.05) is 13.6 Å². The van der Waals surface area contributed by atoms with Gasteiger partial charge < -0.3 is 10.6 Å². The van der Waals surface area contributed by atoms with Gasteiger partial charge in [-0.25, -0.2) is 0 Å². The minimum Gasteiger partial charge on any atom is -0.382 e. The zero-order chi connectivity index (χ0) is 15.2. The molecule has 0 spiro atoms. The van der Waals surface area contributed by atoms with Gasteiger partial charge in [-0.05, 0) is 29.7 Å². The van der Waals surface area contributed by atoms with Crippen LogP contribution in [0.3, 0.4) is 0 Å². The highest BCUT2D eigenvalue weighted by Gasteiger charge is 2.18. The van der Waals surface area contributed by atoms with Crippen LogP contribution in [0.4, 0.5) is 17.1 Å². The van der Waals surface area contributed by atoms with E-state index in [-0.39, 0.29) is 10.6 Å². The van der Waals surface area contributed by atoms with E-state index in [1.165, 1.54) is 5.56 Å². The second kappa shape index (κ2) is 6.74. The van der Waals surface area contributed by atoms with Gasteiger partial charge in [0.25, 0.3) is 0 Å². The first-order valence-electron chi connectivity index (χ1n) is 6.93. The molecule has 0 atom stereocenters. The lowest BCUT2D eigenvalue weighted by Gasteiger charge is -2.12. The normalized spacial score (nSPS) is 10.2. The number of rotatable bonds is 6. The summed E-state index contributed by atoms with van der Waals surface area (Å²) in [6, 6.07) is 13.3. The van der Waals surface area contributed by atoms with Crippen LogP contribution in [-0.4, -0.2) is 12.0 Å². The van der Waals surface area contributed by atoms with Crippen molar-refractivity contribution in [1.29, 1.82) is 0 Å². The number of anilines is 2. The van der Waals surface area contributed by atoms with Crippen LogP contribution in [-0.2, 0) is 13.0 Å². The maximum absolute atomic E-state index is 11.3. The molecule has 0 heterocycles. The number of para-hydroxylation sites is 1. The van der Waals surface area contributed by atoms with E-state index in [9.17, 15) is 10.1 Å². The molecule has 0 bridgehead atoms. The molecule has 2 N–H and O–H groups in total. The highest BCUT2D eigenvalue weighted by atomic mass is 16.6. The molecule has 0 aromatic heterocycles. The summed E-state index contributed by atoms with van der Waals surface area (Å²) in [6.45, 7) is 2.67. The molecule has 0 radical (unpaired) electrons. The second-order valence-corrected chi connectivity index (χ2v) is 4.68. The fraction of sp³-hybridized carbons (Fsp3) is 0.250. The molecule has 0 amide bonds. The standard InChI is InChI=1S/C16H19N3O2/c1-3-12-7-4-5-8-13(12)11-18-15-10-6-9-14(17-2)16(15)19(20)21/h4-10,17-18H,3,11H2,1-2H3. The van der Waals surface area contributed by atoms with Crippen molar-refractivity contribution in [3.8, 4) is 0 Å². The Morgan fingerprint density at radius 3 is 2.33 bits per heavy atom. The molecule has 0 aliphatic heterocycles. The highest BCUT2D eigenvalue weighted by Crippen LogP contribution is 2.32. The fourth-order valence-corrected chi connectivity index (χ4v) is 2.35. The first-order valence-corrected chi connectivity index (χ1v) is 6.93. The Morgan fingerprint density at radius 2 is 1.71 bits per heavy atom. The molecule has 2 aromatic carbocycles. The van der Waals surface area contributed by atoms with Crippen LogP contribution in [0.15, 0.2) is 42.5 Å². The van der Waals surface area contributed by atoms with Crippen molar-refractivity contribution in [2.75, 3.05) is 17.7 Å². The minimum absolute atomic E-state index is 0.0778. The van der Waals surface area contributed by atoms with Crippen molar-refractivity contribution in [1.82, 2.24) is 0 Å². The van der Waals surface area contributed by atoms with Gasteiger partial charge in [-0.2, -0.15) is 0 Å². The van der Waals surface area contributed by atoms with E-state index in [2.05, 4.69) is 23.6 Å². The van der Waals surface area contributed by atoms with E-state index in [0.717, 1.165) is 12.0 Å². The molecule has 0 aliphatic rings. The maximum atomic E-state index is 11.3. The summed E-state index contributed by atoms with van der Waals surface area (Å²) in [7, 11) is 1.68. The van der Waals surface area contributed by atoms with Crippen molar-refractivity contribution < 1.29 is 4.92 Å². The lowest BCUT2D eigenvalue weighted by Crippen LogP contribution is -2.06.